The second kappa shape index (κ2) is 7.38. The van der Waals surface area contributed by atoms with Crippen molar-refractivity contribution < 1.29 is 9.47 Å². The quantitative estimate of drug-likeness (QED) is 0.503. The monoisotopic (exact) mass is 502 g/mol. The molecule has 2 bridgehead atoms. The van der Waals surface area contributed by atoms with E-state index in [0.29, 0.717) is 22.4 Å². The Morgan fingerprint density at radius 3 is 2.51 bits per heavy atom. The number of likely N-dealkylation sites (tertiary alicyclic amines) is 1. The van der Waals surface area contributed by atoms with E-state index < -0.39 is 0 Å². The van der Waals surface area contributed by atoms with Crippen molar-refractivity contribution in [3.63, 3.8) is 0 Å². The second-order valence-corrected chi connectivity index (χ2v) is 12.7. The highest BCUT2D eigenvalue weighted by Crippen LogP contribution is 2.73. The predicted octanol–water partition coefficient (Wildman–Crippen LogP) is 2.25. The Hall–Kier alpha value is -2.85. The molecule has 0 radical (unpaired) electrons. The van der Waals surface area contributed by atoms with Crippen molar-refractivity contribution in [2.75, 3.05) is 50.8 Å². The average molecular weight is 503 g/mol. The first kappa shape index (κ1) is 22.2. The molecule has 0 aromatic carbocycles. The summed E-state index contributed by atoms with van der Waals surface area (Å²) in [6, 6.07) is 0. The minimum Gasteiger partial charge on any atom is -0.485 e. The van der Waals surface area contributed by atoms with Gasteiger partial charge >= 0.3 is 0 Å². The number of fused-ring (bicyclic) bond motifs is 1. The van der Waals surface area contributed by atoms with Crippen LogP contribution in [0.25, 0.3) is 5.78 Å². The molecule has 0 amide bonds. The molecule has 6 aliphatic rings. The molecule has 3 saturated heterocycles. The topological polar surface area (TPSA) is 93.8 Å². The molecular weight excluding hydrogens is 468 g/mol. The van der Waals surface area contributed by atoms with E-state index in [-0.39, 0.29) is 11.5 Å². The Morgan fingerprint density at radius 1 is 1.05 bits per heavy atom. The molecule has 1 spiro atoms. The van der Waals surface area contributed by atoms with Gasteiger partial charge in [-0.3, -0.25) is 0 Å². The molecule has 3 saturated carbocycles. The van der Waals surface area contributed by atoms with Gasteiger partial charge in [-0.15, -0.1) is 5.10 Å². The maximum Gasteiger partial charge on any atom is 0.253 e. The van der Waals surface area contributed by atoms with Crippen LogP contribution < -0.4 is 9.64 Å². The Bertz CT molecular complexity index is 1370. The molecule has 1 atom stereocenters. The van der Waals surface area contributed by atoms with Crippen LogP contribution in [0.15, 0.2) is 12.4 Å². The molecule has 194 valence electrons. The van der Waals surface area contributed by atoms with Crippen molar-refractivity contribution in [1.29, 1.82) is 0 Å². The SMILES string of the molecule is Cc1nc2nc(C)c(O[C@@H]3CCN(c4cnc(C56CC(CN7CC8(COC8)C7)(C5)C6)nc4)C3)c(C)n2n1. The second-order valence-electron chi connectivity index (χ2n) is 12.7. The van der Waals surface area contributed by atoms with Gasteiger partial charge in [0.2, 0.25) is 0 Å². The van der Waals surface area contributed by atoms with Crippen molar-refractivity contribution >= 4 is 11.5 Å². The Labute approximate surface area is 216 Å². The Balaban J connectivity index is 0.886. The van der Waals surface area contributed by atoms with E-state index in [1.807, 2.05) is 33.2 Å². The zero-order valence-electron chi connectivity index (χ0n) is 21.9. The Morgan fingerprint density at radius 2 is 1.81 bits per heavy atom. The minimum atomic E-state index is 0.0885. The summed E-state index contributed by atoms with van der Waals surface area (Å²) in [6.45, 7) is 13.3. The first-order valence-electron chi connectivity index (χ1n) is 13.6. The van der Waals surface area contributed by atoms with Gasteiger partial charge in [0.05, 0.1) is 49.2 Å². The number of rotatable bonds is 6. The molecule has 3 aliphatic carbocycles. The average Bonchev–Trinajstić information content (AvgIpc) is 3.39. The molecule has 6 fully saturated rings. The van der Waals surface area contributed by atoms with Gasteiger partial charge in [-0.05, 0) is 45.4 Å². The van der Waals surface area contributed by atoms with Crippen molar-refractivity contribution in [2.24, 2.45) is 10.8 Å². The number of hydrogen-bond donors (Lipinski definition) is 0. The molecule has 6 heterocycles. The lowest BCUT2D eigenvalue weighted by molar-refractivity contribution is -0.224. The van der Waals surface area contributed by atoms with Crippen molar-refractivity contribution in [1.82, 2.24) is 34.4 Å². The maximum absolute atomic E-state index is 6.45. The zero-order valence-corrected chi connectivity index (χ0v) is 21.9. The smallest absolute Gasteiger partial charge is 0.253 e. The van der Waals surface area contributed by atoms with Crippen LogP contribution in [0.3, 0.4) is 0 Å². The highest BCUT2D eigenvalue weighted by atomic mass is 16.5. The third-order valence-corrected chi connectivity index (χ3v) is 9.48. The summed E-state index contributed by atoms with van der Waals surface area (Å²) in [5, 5.41) is 4.46. The predicted molar refractivity (Wildman–Crippen MR) is 136 cm³/mol. The van der Waals surface area contributed by atoms with Crippen LogP contribution in [-0.4, -0.2) is 86.5 Å². The third kappa shape index (κ3) is 3.27. The molecule has 37 heavy (non-hydrogen) atoms. The zero-order chi connectivity index (χ0) is 25.0. The van der Waals surface area contributed by atoms with Crippen molar-refractivity contribution in [2.45, 2.75) is 58.0 Å². The molecule has 3 aromatic rings. The number of hydrogen-bond acceptors (Lipinski definition) is 9. The fourth-order valence-corrected chi connectivity index (χ4v) is 7.88. The van der Waals surface area contributed by atoms with Crippen molar-refractivity contribution in [3.8, 4) is 5.75 Å². The van der Waals surface area contributed by atoms with E-state index in [2.05, 4.69) is 24.9 Å². The molecular formula is C27H34N8O2. The number of ether oxygens (including phenoxy) is 2. The number of aryl methyl sites for hydroxylation is 3. The fourth-order valence-electron chi connectivity index (χ4n) is 7.88. The summed E-state index contributed by atoms with van der Waals surface area (Å²) in [7, 11) is 0. The van der Waals surface area contributed by atoms with Crippen LogP contribution in [0.1, 0.15) is 48.7 Å². The highest BCUT2D eigenvalue weighted by Gasteiger charge is 2.70. The standard InChI is InChI=1S/C27H34N8O2/c1-17-22(18(2)35-24(30-17)31-19(3)32-35)37-21-4-5-34(8-21)20-6-28-23(29-7-20)27-9-25(10-27,11-27)12-33-13-26(14-33)15-36-16-26/h6-7,21H,4-5,8-16H2,1-3H3/t21-,25?,27?/m1/s1. The first-order valence-corrected chi connectivity index (χ1v) is 13.6. The van der Waals surface area contributed by atoms with E-state index in [0.717, 1.165) is 61.4 Å². The largest absolute Gasteiger partial charge is 0.485 e. The van der Waals surface area contributed by atoms with Crippen LogP contribution in [0.4, 0.5) is 5.69 Å². The molecule has 10 nitrogen and oxygen atoms in total. The summed E-state index contributed by atoms with van der Waals surface area (Å²) < 4.78 is 13.7. The van der Waals surface area contributed by atoms with Crippen LogP contribution in [-0.2, 0) is 10.2 Å². The van der Waals surface area contributed by atoms with Gasteiger partial charge in [0, 0.05) is 43.4 Å². The molecule has 9 rings (SSSR count). The fraction of sp³-hybridized carbons (Fsp3) is 0.667. The van der Waals surface area contributed by atoms with Gasteiger partial charge in [0.15, 0.2) is 5.75 Å². The minimum absolute atomic E-state index is 0.0885. The van der Waals surface area contributed by atoms with Gasteiger partial charge in [0.25, 0.3) is 5.78 Å². The lowest BCUT2D eigenvalue weighted by Crippen LogP contribution is -2.73. The van der Waals surface area contributed by atoms with E-state index >= 15 is 0 Å². The van der Waals surface area contributed by atoms with Gasteiger partial charge in [-0.1, -0.05) is 0 Å². The summed E-state index contributed by atoms with van der Waals surface area (Å²) in [6.07, 6.45) is 8.84. The summed E-state index contributed by atoms with van der Waals surface area (Å²) in [5.74, 6) is 3.19. The van der Waals surface area contributed by atoms with Crippen LogP contribution in [0.5, 0.6) is 5.75 Å². The number of anilines is 1. The summed E-state index contributed by atoms with van der Waals surface area (Å²) in [5.41, 5.74) is 4.14. The lowest BCUT2D eigenvalue weighted by Gasteiger charge is -2.72. The lowest BCUT2D eigenvalue weighted by atomic mass is 9.34. The highest BCUT2D eigenvalue weighted by molar-refractivity contribution is 5.46. The van der Waals surface area contributed by atoms with Gasteiger partial charge in [0.1, 0.15) is 17.8 Å². The summed E-state index contributed by atoms with van der Waals surface area (Å²) in [4.78, 5) is 23.7. The Kier molecular flexibility index (Phi) is 4.42. The molecule has 0 N–H and O–H groups in total. The van der Waals surface area contributed by atoms with Gasteiger partial charge in [-0.25, -0.2) is 15.0 Å². The van der Waals surface area contributed by atoms with Gasteiger partial charge in [-0.2, -0.15) is 9.50 Å². The normalized spacial score (nSPS) is 31.6. The molecule has 3 aromatic heterocycles. The third-order valence-electron chi connectivity index (χ3n) is 9.48. The number of aromatic nitrogens is 6. The van der Waals surface area contributed by atoms with E-state index in [4.69, 9.17) is 19.4 Å². The molecule has 0 unspecified atom stereocenters. The molecule has 10 heteroatoms. The maximum atomic E-state index is 6.45. The molecule has 3 aliphatic heterocycles. The first-order chi connectivity index (χ1) is 17.8. The van der Waals surface area contributed by atoms with Crippen molar-refractivity contribution in [3.05, 3.63) is 35.4 Å². The van der Waals surface area contributed by atoms with Crippen LogP contribution >= 0.6 is 0 Å². The van der Waals surface area contributed by atoms with E-state index in [9.17, 15) is 0 Å². The van der Waals surface area contributed by atoms with Crippen LogP contribution in [0, 0.1) is 31.6 Å². The number of nitrogens with zero attached hydrogens (tertiary/aromatic N) is 8. The van der Waals surface area contributed by atoms with E-state index in [1.165, 1.54) is 38.9 Å². The van der Waals surface area contributed by atoms with E-state index in [1.54, 1.807) is 4.52 Å². The van der Waals surface area contributed by atoms with Gasteiger partial charge < -0.3 is 19.3 Å². The van der Waals surface area contributed by atoms with Crippen LogP contribution in [0.2, 0.25) is 0 Å². The summed E-state index contributed by atoms with van der Waals surface area (Å²) >= 11 is 0.